The highest BCUT2D eigenvalue weighted by atomic mass is 16.2. The second-order valence-corrected chi connectivity index (χ2v) is 6.14. The molecule has 1 unspecified atom stereocenters. The lowest BCUT2D eigenvalue weighted by Crippen LogP contribution is -2.45. The van der Waals surface area contributed by atoms with E-state index in [-0.39, 0.29) is 30.2 Å². The summed E-state index contributed by atoms with van der Waals surface area (Å²) in [6.07, 6.45) is 4.76. The summed E-state index contributed by atoms with van der Waals surface area (Å²) in [7, 11) is 1.56. The molecule has 2 aliphatic rings. The van der Waals surface area contributed by atoms with Gasteiger partial charge >= 0.3 is 0 Å². The molecule has 7 heteroatoms. The van der Waals surface area contributed by atoms with Crippen LogP contribution in [-0.4, -0.2) is 47.7 Å². The number of carbonyl (C=O) groups excluding carboxylic acids is 4. The highest BCUT2D eigenvalue weighted by Gasteiger charge is 2.43. The quantitative estimate of drug-likeness (QED) is 0.601. The zero-order chi connectivity index (χ0) is 18.0. The molecule has 1 aliphatic carbocycles. The van der Waals surface area contributed by atoms with Gasteiger partial charge in [0.25, 0.3) is 5.91 Å². The van der Waals surface area contributed by atoms with Gasteiger partial charge < -0.3 is 10.2 Å². The lowest BCUT2D eigenvalue weighted by Gasteiger charge is -2.25. The Kier molecular flexibility index (Phi) is 4.65. The summed E-state index contributed by atoms with van der Waals surface area (Å²) in [6, 6.07) is 6.13. The summed E-state index contributed by atoms with van der Waals surface area (Å²) >= 11 is 0. The van der Waals surface area contributed by atoms with Gasteiger partial charge in [0.2, 0.25) is 17.7 Å². The Morgan fingerprint density at radius 2 is 1.88 bits per heavy atom. The van der Waals surface area contributed by atoms with Crippen molar-refractivity contribution in [1.82, 2.24) is 15.5 Å². The molecule has 1 aromatic carbocycles. The molecule has 3 rings (SSSR count). The number of nitrogens with one attached hydrogen (secondary N) is 2. The fourth-order valence-corrected chi connectivity index (χ4v) is 2.85. The van der Waals surface area contributed by atoms with Crippen LogP contribution in [0.4, 0.5) is 0 Å². The molecule has 0 spiro atoms. The predicted molar refractivity (Wildman–Crippen MR) is 90.3 cm³/mol. The zero-order valence-corrected chi connectivity index (χ0v) is 13.8. The molecule has 1 saturated carbocycles. The molecule has 130 valence electrons. The van der Waals surface area contributed by atoms with Gasteiger partial charge in [0.15, 0.2) is 0 Å². The highest BCUT2D eigenvalue weighted by molar-refractivity contribution is 6.08. The third-order valence-corrected chi connectivity index (χ3v) is 4.29. The average molecular weight is 341 g/mol. The molecule has 1 aromatic rings. The van der Waals surface area contributed by atoms with Gasteiger partial charge in [-0.15, -0.1) is 0 Å². The number of hydrogen-bond acceptors (Lipinski definition) is 4. The monoisotopic (exact) mass is 341 g/mol. The first kappa shape index (κ1) is 16.9. The Hall–Kier alpha value is -2.96. The van der Waals surface area contributed by atoms with Crippen LogP contribution in [0.25, 0.3) is 6.08 Å². The summed E-state index contributed by atoms with van der Waals surface area (Å²) < 4.78 is 0. The predicted octanol–water partition coefficient (Wildman–Crippen LogP) is 0.465. The summed E-state index contributed by atoms with van der Waals surface area (Å²) in [5, 5.41) is 4.79. The fraction of sp³-hybridized carbons (Fsp3) is 0.333. The van der Waals surface area contributed by atoms with Gasteiger partial charge in [-0.3, -0.25) is 24.5 Å². The van der Waals surface area contributed by atoms with Crippen molar-refractivity contribution in [1.29, 1.82) is 0 Å². The number of benzene rings is 1. The summed E-state index contributed by atoms with van der Waals surface area (Å²) in [4.78, 5) is 48.8. The van der Waals surface area contributed by atoms with Gasteiger partial charge in [0.05, 0.1) is 6.42 Å². The van der Waals surface area contributed by atoms with Crippen LogP contribution in [0.15, 0.2) is 30.3 Å². The minimum atomic E-state index is -0.715. The molecule has 1 heterocycles. The third kappa shape index (κ3) is 3.76. The topological polar surface area (TPSA) is 95.6 Å². The third-order valence-electron chi connectivity index (χ3n) is 4.29. The lowest BCUT2D eigenvalue weighted by atomic mass is 10.1. The van der Waals surface area contributed by atoms with E-state index in [4.69, 9.17) is 0 Å². The van der Waals surface area contributed by atoms with Crippen molar-refractivity contribution in [3.05, 3.63) is 41.5 Å². The molecule has 4 amide bonds. The molecule has 25 heavy (non-hydrogen) atoms. The maximum Gasteiger partial charge on any atom is 0.251 e. The van der Waals surface area contributed by atoms with Gasteiger partial charge in [0, 0.05) is 24.7 Å². The Balaban J connectivity index is 1.71. The maximum atomic E-state index is 12.5. The van der Waals surface area contributed by atoms with Crippen molar-refractivity contribution in [3.63, 3.8) is 0 Å². The van der Waals surface area contributed by atoms with E-state index >= 15 is 0 Å². The van der Waals surface area contributed by atoms with Crippen LogP contribution in [-0.2, 0) is 14.4 Å². The van der Waals surface area contributed by atoms with Gasteiger partial charge in [-0.25, -0.2) is 0 Å². The van der Waals surface area contributed by atoms with Crippen molar-refractivity contribution >= 4 is 29.7 Å². The number of imide groups is 1. The second-order valence-electron chi connectivity index (χ2n) is 6.14. The Bertz CT molecular complexity index is 750. The summed E-state index contributed by atoms with van der Waals surface area (Å²) in [5.74, 6) is -1.22. The summed E-state index contributed by atoms with van der Waals surface area (Å²) in [6.45, 7) is 0. The van der Waals surface area contributed by atoms with E-state index in [1.165, 1.54) is 11.0 Å². The first-order chi connectivity index (χ1) is 12.0. The largest absolute Gasteiger partial charge is 0.355 e. The van der Waals surface area contributed by atoms with Crippen molar-refractivity contribution in [2.24, 2.45) is 0 Å². The minimum Gasteiger partial charge on any atom is -0.355 e. The molecule has 0 bridgehead atoms. The van der Waals surface area contributed by atoms with Crippen LogP contribution >= 0.6 is 0 Å². The van der Waals surface area contributed by atoms with Crippen LogP contribution < -0.4 is 10.6 Å². The Morgan fingerprint density at radius 3 is 2.40 bits per heavy atom. The van der Waals surface area contributed by atoms with Crippen molar-refractivity contribution < 1.29 is 19.2 Å². The van der Waals surface area contributed by atoms with Gasteiger partial charge in [-0.2, -0.15) is 0 Å². The molecule has 1 saturated heterocycles. The van der Waals surface area contributed by atoms with E-state index in [9.17, 15) is 19.2 Å². The van der Waals surface area contributed by atoms with Crippen LogP contribution in [0.3, 0.4) is 0 Å². The zero-order valence-electron chi connectivity index (χ0n) is 13.8. The van der Waals surface area contributed by atoms with Crippen LogP contribution in [0.1, 0.15) is 35.2 Å². The molecule has 7 nitrogen and oxygen atoms in total. The number of rotatable bonds is 5. The maximum absolute atomic E-state index is 12.5. The van der Waals surface area contributed by atoms with E-state index in [2.05, 4.69) is 10.6 Å². The van der Waals surface area contributed by atoms with Crippen LogP contribution in [0.2, 0.25) is 0 Å². The second kappa shape index (κ2) is 6.88. The summed E-state index contributed by atoms with van der Waals surface area (Å²) in [5.41, 5.74) is 1.30. The molecular formula is C18H19N3O4. The van der Waals surface area contributed by atoms with Crippen LogP contribution in [0.5, 0.6) is 0 Å². The van der Waals surface area contributed by atoms with Crippen molar-refractivity contribution in [2.75, 3.05) is 7.05 Å². The van der Waals surface area contributed by atoms with Gasteiger partial charge in [0.1, 0.15) is 6.04 Å². The van der Waals surface area contributed by atoms with E-state index in [0.29, 0.717) is 5.56 Å². The van der Waals surface area contributed by atoms with E-state index in [1.807, 2.05) is 0 Å². The Labute approximate surface area is 145 Å². The van der Waals surface area contributed by atoms with E-state index in [1.54, 1.807) is 37.4 Å². The molecule has 2 fully saturated rings. The number of carbonyl (C=O) groups is 4. The van der Waals surface area contributed by atoms with E-state index < -0.39 is 11.9 Å². The first-order valence-electron chi connectivity index (χ1n) is 8.16. The smallest absolute Gasteiger partial charge is 0.251 e. The molecule has 2 N–H and O–H groups in total. The minimum absolute atomic E-state index is 0.0226. The van der Waals surface area contributed by atoms with Gasteiger partial charge in [-0.05, 0) is 36.6 Å². The van der Waals surface area contributed by atoms with E-state index in [0.717, 1.165) is 18.4 Å². The number of amides is 4. The normalized spacial score (nSPS) is 19.8. The first-order valence-corrected chi connectivity index (χ1v) is 8.16. The molecule has 0 radical (unpaired) electrons. The number of nitrogens with zero attached hydrogens (tertiary/aromatic N) is 1. The lowest BCUT2D eigenvalue weighted by molar-refractivity contribution is -0.135. The molecule has 1 aliphatic heterocycles. The van der Waals surface area contributed by atoms with Crippen LogP contribution in [0, 0.1) is 0 Å². The average Bonchev–Trinajstić information content (AvgIpc) is 3.38. The highest BCUT2D eigenvalue weighted by Crippen LogP contribution is 2.31. The molecule has 0 aromatic heterocycles. The van der Waals surface area contributed by atoms with Crippen molar-refractivity contribution in [2.45, 2.75) is 31.3 Å². The fourth-order valence-electron chi connectivity index (χ4n) is 2.85. The van der Waals surface area contributed by atoms with Crippen molar-refractivity contribution in [3.8, 4) is 0 Å². The van der Waals surface area contributed by atoms with Gasteiger partial charge in [-0.1, -0.05) is 12.1 Å². The number of hydrogen-bond donors (Lipinski definition) is 2. The Morgan fingerprint density at radius 1 is 1.20 bits per heavy atom. The SMILES string of the molecule is CNC(=O)c1ccc(/C=C/C(=O)N(C2CC2)C2CC(=O)NC2=O)cc1. The molecular weight excluding hydrogens is 322 g/mol. The standard InChI is InChI=1S/C18H19N3O4/c1-19-17(24)12-5-2-11(3-6-12)4-9-16(23)21(13-7-8-13)14-10-15(22)20-18(14)25/h2-6,9,13-14H,7-8,10H2,1H3,(H,19,24)(H,20,22,25)/b9-4+. The molecule has 1 atom stereocenters.